The molecule has 0 atom stereocenters. The number of hydrogen-bond acceptors (Lipinski definition) is 7. The van der Waals surface area contributed by atoms with Crippen LogP contribution < -0.4 is 10.9 Å². The number of halogens is 1. The Balaban J connectivity index is 1.34. The van der Waals surface area contributed by atoms with Gasteiger partial charge in [0.1, 0.15) is 10.8 Å². The predicted molar refractivity (Wildman–Crippen MR) is 163 cm³/mol. The van der Waals surface area contributed by atoms with Crippen molar-refractivity contribution in [2.45, 2.75) is 39.2 Å². The zero-order chi connectivity index (χ0) is 29.5. The van der Waals surface area contributed by atoms with Gasteiger partial charge in [0.25, 0.3) is 5.56 Å². The lowest BCUT2D eigenvalue weighted by molar-refractivity contribution is 0.106. The van der Waals surface area contributed by atoms with E-state index in [1.807, 2.05) is 43.9 Å². The first-order valence-corrected chi connectivity index (χ1v) is 14.4. The highest BCUT2D eigenvalue weighted by Crippen LogP contribution is 2.33. The third-order valence-electron chi connectivity index (χ3n) is 8.15. The second-order valence-corrected chi connectivity index (χ2v) is 11.2. The summed E-state index contributed by atoms with van der Waals surface area (Å²) in [5, 5.41) is 18.4. The van der Waals surface area contributed by atoms with Crippen LogP contribution in [-0.2, 0) is 18.2 Å². The molecule has 11 nitrogen and oxygen atoms in total. The number of carbonyl (C=O) groups is 1. The molecule has 1 aliphatic rings. The number of aryl methyl sites for hydroxylation is 3. The molecule has 0 bridgehead atoms. The Morgan fingerprint density at radius 2 is 1.95 bits per heavy atom. The molecule has 5 heterocycles. The number of ether oxygens (including phenoxy) is 1. The Morgan fingerprint density at radius 3 is 2.67 bits per heavy atom. The van der Waals surface area contributed by atoms with Crippen LogP contribution in [0.3, 0.4) is 0 Å². The second kappa shape index (κ2) is 11.1. The number of benzene rings is 1. The van der Waals surface area contributed by atoms with Gasteiger partial charge in [0, 0.05) is 54.1 Å². The van der Waals surface area contributed by atoms with Crippen molar-refractivity contribution in [2.24, 2.45) is 7.05 Å². The number of carbonyl (C=O) groups excluding carboxylic acids is 1. The van der Waals surface area contributed by atoms with Crippen molar-refractivity contribution in [2.75, 3.05) is 32.1 Å². The van der Waals surface area contributed by atoms with Crippen molar-refractivity contribution < 1.29 is 9.53 Å². The normalized spacial score (nSPS) is 14.2. The van der Waals surface area contributed by atoms with E-state index >= 15 is 0 Å². The fourth-order valence-corrected chi connectivity index (χ4v) is 6.23. The Kier molecular flexibility index (Phi) is 7.36. The van der Waals surface area contributed by atoms with E-state index in [2.05, 4.69) is 26.6 Å². The van der Waals surface area contributed by atoms with Gasteiger partial charge in [0.2, 0.25) is 0 Å². The number of aromatic nitrogens is 6. The molecule has 1 saturated heterocycles. The predicted octanol–water partition coefficient (Wildman–Crippen LogP) is 5.00. The van der Waals surface area contributed by atoms with E-state index in [9.17, 15) is 9.59 Å². The minimum absolute atomic E-state index is 0.0521. The van der Waals surface area contributed by atoms with Gasteiger partial charge < -0.3 is 15.0 Å². The number of H-pyrrole nitrogens is 1. The van der Waals surface area contributed by atoms with Crippen molar-refractivity contribution in [3.63, 3.8) is 0 Å². The van der Waals surface area contributed by atoms with Gasteiger partial charge in [-0.05, 0) is 56.9 Å². The van der Waals surface area contributed by atoms with Crippen molar-refractivity contribution in [3.05, 3.63) is 69.0 Å². The highest BCUT2D eigenvalue weighted by atomic mass is 35.5. The molecular formula is C30H33ClN8O3. The summed E-state index contributed by atoms with van der Waals surface area (Å²) in [6.07, 6.45) is 5.45. The van der Waals surface area contributed by atoms with Gasteiger partial charge in [0.15, 0.2) is 0 Å². The molecule has 1 fully saturated rings. The van der Waals surface area contributed by atoms with Crippen molar-refractivity contribution in [1.82, 2.24) is 34.4 Å². The van der Waals surface area contributed by atoms with Gasteiger partial charge >= 0.3 is 6.09 Å². The fraction of sp³-hybridized carbons (Fsp3) is 0.367. The van der Waals surface area contributed by atoms with Crippen LogP contribution in [0.4, 0.5) is 10.5 Å². The highest BCUT2D eigenvalue weighted by Gasteiger charge is 2.27. The maximum atomic E-state index is 13.7. The van der Waals surface area contributed by atoms with Crippen LogP contribution in [-0.4, -0.2) is 67.3 Å². The third-order valence-corrected chi connectivity index (χ3v) is 8.37. The number of amides is 1. The lowest BCUT2D eigenvalue weighted by Gasteiger charge is -2.31. The molecule has 4 aromatic heterocycles. The Hall–Kier alpha value is -4.38. The van der Waals surface area contributed by atoms with E-state index < -0.39 is 0 Å². The summed E-state index contributed by atoms with van der Waals surface area (Å²) in [7, 11) is 3.21. The SMILES string of the molecule is COC(=O)N1CCC(n2ncc3c4c(CCNc5ccc(Cl)nc5-c5cn[nH]c5C)cc(C)cc4c(=O)n(C)c32)CC1. The number of hydrogen-bond donors (Lipinski definition) is 2. The first kappa shape index (κ1) is 27.8. The topological polar surface area (TPSA) is 123 Å². The second-order valence-electron chi connectivity index (χ2n) is 10.8. The molecule has 0 saturated carbocycles. The fourth-order valence-electron chi connectivity index (χ4n) is 6.08. The Morgan fingerprint density at radius 1 is 1.17 bits per heavy atom. The average Bonchev–Trinajstić information content (AvgIpc) is 3.62. The smallest absolute Gasteiger partial charge is 0.409 e. The first-order valence-electron chi connectivity index (χ1n) is 14.0. The van der Waals surface area contributed by atoms with Crippen LogP contribution in [0.1, 0.15) is 35.7 Å². The number of anilines is 1. The third kappa shape index (κ3) is 4.87. The van der Waals surface area contributed by atoms with Crippen molar-refractivity contribution in [3.8, 4) is 11.3 Å². The average molecular weight is 589 g/mol. The first-order chi connectivity index (χ1) is 20.3. The minimum atomic E-state index is -0.313. The summed E-state index contributed by atoms with van der Waals surface area (Å²) in [4.78, 5) is 31.9. The number of likely N-dealkylation sites (tertiary alicyclic amines) is 1. The van der Waals surface area contributed by atoms with Gasteiger partial charge in [-0.1, -0.05) is 23.2 Å². The standard InChI is InChI=1S/C30H33ClN8O3/c1-17-13-19(7-10-32-24-5-6-25(31)35-27(24)22-15-33-36-18(22)2)26-21(14-17)29(40)37(3)28-23(26)16-34-39(28)20-8-11-38(12-9-20)30(41)42-4/h5-6,13-16,20,32H,7-12H2,1-4H3,(H,33,36). The molecule has 0 spiro atoms. The number of rotatable bonds is 6. The Labute approximate surface area is 247 Å². The number of nitrogens with one attached hydrogen (secondary N) is 2. The molecule has 2 N–H and O–H groups in total. The van der Waals surface area contributed by atoms with E-state index in [0.29, 0.717) is 36.6 Å². The van der Waals surface area contributed by atoms with Crippen molar-refractivity contribution >= 4 is 45.2 Å². The molecule has 5 aromatic rings. The van der Waals surface area contributed by atoms with Crippen molar-refractivity contribution in [1.29, 1.82) is 0 Å². The van der Waals surface area contributed by atoms with Crippen LogP contribution in [0.5, 0.6) is 0 Å². The molecule has 0 radical (unpaired) electrons. The molecule has 12 heteroatoms. The van der Waals surface area contributed by atoms with Gasteiger partial charge in [-0.3, -0.25) is 14.5 Å². The summed E-state index contributed by atoms with van der Waals surface area (Å²) in [6, 6.07) is 7.88. The van der Waals surface area contributed by atoms with Gasteiger partial charge in [-0.25, -0.2) is 14.5 Å². The minimum Gasteiger partial charge on any atom is -0.453 e. The number of methoxy groups -OCH3 is 1. The van der Waals surface area contributed by atoms with Crippen LogP contribution >= 0.6 is 11.6 Å². The lowest BCUT2D eigenvalue weighted by atomic mass is 9.98. The molecule has 0 unspecified atom stereocenters. The lowest BCUT2D eigenvalue weighted by Crippen LogP contribution is -2.39. The Bertz CT molecular complexity index is 1870. The summed E-state index contributed by atoms with van der Waals surface area (Å²) >= 11 is 6.24. The monoisotopic (exact) mass is 588 g/mol. The molecule has 42 heavy (non-hydrogen) atoms. The molecule has 0 aliphatic carbocycles. The zero-order valence-corrected chi connectivity index (χ0v) is 24.8. The zero-order valence-electron chi connectivity index (χ0n) is 24.1. The van der Waals surface area contributed by atoms with E-state index in [1.165, 1.54) is 7.11 Å². The summed E-state index contributed by atoms with van der Waals surface area (Å²) in [5.41, 5.74) is 6.22. The van der Waals surface area contributed by atoms with Gasteiger partial charge in [-0.2, -0.15) is 10.2 Å². The van der Waals surface area contributed by atoms with E-state index in [0.717, 1.165) is 63.0 Å². The maximum absolute atomic E-state index is 13.7. The van der Waals surface area contributed by atoms with Gasteiger partial charge in [-0.15, -0.1) is 0 Å². The van der Waals surface area contributed by atoms with E-state index in [4.69, 9.17) is 21.4 Å². The van der Waals surface area contributed by atoms with Gasteiger partial charge in [0.05, 0.1) is 36.9 Å². The summed E-state index contributed by atoms with van der Waals surface area (Å²) < 4.78 is 8.56. The quantitative estimate of drug-likeness (QED) is 0.268. The summed E-state index contributed by atoms with van der Waals surface area (Å²) in [5.74, 6) is 0. The molecule has 1 aliphatic heterocycles. The largest absolute Gasteiger partial charge is 0.453 e. The maximum Gasteiger partial charge on any atom is 0.409 e. The van der Waals surface area contributed by atoms with E-state index in [1.54, 1.807) is 21.7 Å². The number of nitrogens with zero attached hydrogens (tertiary/aromatic N) is 6. The number of aromatic amines is 1. The number of fused-ring (bicyclic) bond motifs is 3. The van der Waals surface area contributed by atoms with Crippen LogP contribution in [0.15, 0.2) is 41.5 Å². The van der Waals surface area contributed by atoms with Crippen LogP contribution in [0.2, 0.25) is 5.15 Å². The molecular weight excluding hydrogens is 556 g/mol. The number of pyridine rings is 2. The van der Waals surface area contributed by atoms with Crippen LogP contribution in [0.25, 0.3) is 33.1 Å². The number of piperidine rings is 1. The summed E-state index contributed by atoms with van der Waals surface area (Å²) in [6.45, 7) is 5.73. The molecule has 6 rings (SSSR count). The highest BCUT2D eigenvalue weighted by molar-refractivity contribution is 6.29. The molecule has 1 amide bonds. The van der Waals surface area contributed by atoms with E-state index in [-0.39, 0.29) is 17.7 Å². The molecule has 1 aromatic carbocycles. The molecule has 218 valence electrons. The van der Waals surface area contributed by atoms with Crippen LogP contribution in [0, 0.1) is 13.8 Å².